The van der Waals surface area contributed by atoms with Crippen molar-refractivity contribution in [2.45, 2.75) is 18.2 Å². The number of hydrogen-bond acceptors (Lipinski definition) is 7. The van der Waals surface area contributed by atoms with Gasteiger partial charge >= 0.3 is 0 Å². The normalized spacial score (nSPS) is 11.2. The number of sulfonamides is 1. The van der Waals surface area contributed by atoms with E-state index in [1.807, 2.05) is 31.2 Å². The molecule has 5 rings (SSSR count). The van der Waals surface area contributed by atoms with E-state index in [0.29, 0.717) is 46.2 Å². The van der Waals surface area contributed by atoms with Crippen molar-refractivity contribution in [3.8, 4) is 11.5 Å². The molecule has 0 aliphatic carbocycles. The van der Waals surface area contributed by atoms with E-state index in [0.717, 1.165) is 10.9 Å². The van der Waals surface area contributed by atoms with Gasteiger partial charge in [-0.3, -0.25) is 9.52 Å². The Morgan fingerprint density at radius 2 is 1.66 bits per heavy atom. The average Bonchev–Trinajstić information content (AvgIpc) is 3.53. The highest BCUT2D eigenvalue weighted by Crippen LogP contribution is 2.37. The van der Waals surface area contributed by atoms with Crippen LogP contribution in [0.5, 0.6) is 11.5 Å². The van der Waals surface area contributed by atoms with Crippen molar-refractivity contribution < 1.29 is 22.7 Å². The summed E-state index contributed by atoms with van der Waals surface area (Å²) < 4.78 is 40.8. The number of nitrogens with one attached hydrogen (secondary N) is 4. The third-order valence-corrected chi connectivity index (χ3v) is 7.79. The number of aromatic nitrogens is 2. The molecule has 41 heavy (non-hydrogen) atoms. The lowest BCUT2D eigenvalue weighted by atomic mass is 10.0. The van der Waals surface area contributed by atoms with Gasteiger partial charge in [-0.25, -0.2) is 13.4 Å². The van der Waals surface area contributed by atoms with Gasteiger partial charge in [0, 0.05) is 41.2 Å². The number of fused-ring (bicyclic) bond motifs is 1. The number of nitrogens with zero attached hydrogens (tertiary/aromatic N) is 1. The summed E-state index contributed by atoms with van der Waals surface area (Å²) >= 11 is 0. The van der Waals surface area contributed by atoms with Crippen LogP contribution in [0.2, 0.25) is 0 Å². The molecule has 2 heterocycles. The predicted molar refractivity (Wildman–Crippen MR) is 160 cm³/mol. The fraction of sp³-hybridized carbons (Fsp3) is 0.133. The number of aromatic amines is 1. The van der Waals surface area contributed by atoms with Crippen LogP contribution >= 0.6 is 0 Å². The number of amides is 1. The van der Waals surface area contributed by atoms with Gasteiger partial charge in [-0.1, -0.05) is 31.2 Å². The molecule has 210 valence electrons. The number of rotatable bonds is 10. The van der Waals surface area contributed by atoms with Crippen LogP contribution in [0, 0.1) is 0 Å². The Balaban J connectivity index is 1.55. The minimum absolute atomic E-state index is 0.0382. The third-order valence-electron chi connectivity index (χ3n) is 6.45. The first-order chi connectivity index (χ1) is 19.8. The Kier molecular flexibility index (Phi) is 7.79. The minimum atomic E-state index is -4.12. The molecule has 2 aromatic heterocycles. The van der Waals surface area contributed by atoms with Crippen LogP contribution in [0.3, 0.4) is 0 Å². The first-order valence-corrected chi connectivity index (χ1v) is 14.3. The van der Waals surface area contributed by atoms with Crippen molar-refractivity contribution in [2.75, 3.05) is 29.6 Å². The highest BCUT2D eigenvalue weighted by molar-refractivity contribution is 7.92. The molecular weight excluding hydrogens is 542 g/mol. The predicted octanol–water partition coefficient (Wildman–Crippen LogP) is 5.94. The molecule has 5 aromatic rings. The SMILES string of the molecule is CCc1c(Nc2cc(OC)cc(OC)c2)c(NS(=O)(=O)c2cccc(NC(=O)c3ccc[nH]3)c2)nc2ccccc12. The molecule has 0 radical (unpaired) electrons. The second kappa shape index (κ2) is 11.6. The van der Waals surface area contributed by atoms with Gasteiger partial charge in [-0.15, -0.1) is 0 Å². The van der Waals surface area contributed by atoms with E-state index in [9.17, 15) is 13.2 Å². The maximum Gasteiger partial charge on any atom is 0.272 e. The summed E-state index contributed by atoms with van der Waals surface area (Å²) in [7, 11) is -1.01. The average molecular weight is 572 g/mol. The number of hydrogen-bond donors (Lipinski definition) is 4. The molecule has 0 aliphatic rings. The van der Waals surface area contributed by atoms with Crippen LogP contribution in [-0.2, 0) is 16.4 Å². The minimum Gasteiger partial charge on any atom is -0.497 e. The fourth-order valence-electron chi connectivity index (χ4n) is 4.48. The lowest BCUT2D eigenvalue weighted by molar-refractivity contribution is 0.102. The maximum absolute atomic E-state index is 13.7. The van der Waals surface area contributed by atoms with Gasteiger partial charge in [0.15, 0.2) is 5.82 Å². The number of methoxy groups -OCH3 is 2. The number of aryl methyl sites for hydroxylation is 1. The van der Waals surface area contributed by atoms with Crippen LogP contribution in [0.25, 0.3) is 10.9 Å². The fourth-order valence-corrected chi connectivity index (χ4v) is 5.54. The largest absolute Gasteiger partial charge is 0.497 e. The molecule has 10 nitrogen and oxygen atoms in total. The van der Waals surface area contributed by atoms with Crippen molar-refractivity contribution in [1.29, 1.82) is 0 Å². The quantitative estimate of drug-likeness (QED) is 0.163. The molecule has 0 spiro atoms. The molecule has 0 saturated heterocycles. The van der Waals surface area contributed by atoms with Gasteiger partial charge in [-0.2, -0.15) is 0 Å². The number of H-pyrrole nitrogens is 1. The summed E-state index contributed by atoms with van der Waals surface area (Å²) in [5.74, 6) is 0.877. The van der Waals surface area contributed by atoms with Crippen LogP contribution in [0.4, 0.5) is 22.9 Å². The van der Waals surface area contributed by atoms with E-state index >= 15 is 0 Å². The van der Waals surface area contributed by atoms with Crippen LogP contribution in [0.1, 0.15) is 23.0 Å². The van der Waals surface area contributed by atoms with Crippen LogP contribution < -0.4 is 24.8 Å². The van der Waals surface area contributed by atoms with E-state index in [1.165, 1.54) is 12.1 Å². The molecule has 0 unspecified atom stereocenters. The lowest BCUT2D eigenvalue weighted by Crippen LogP contribution is -2.17. The monoisotopic (exact) mass is 571 g/mol. The first kappa shape index (κ1) is 27.5. The summed E-state index contributed by atoms with van der Waals surface area (Å²) in [5.41, 5.74) is 3.33. The molecule has 0 aliphatic heterocycles. The summed E-state index contributed by atoms with van der Waals surface area (Å²) in [4.78, 5) is 20.0. The summed E-state index contributed by atoms with van der Waals surface area (Å²) in [5, 5.41) is 6.96. The first-order valence-electron chi connectivity index (χ1n) is 12.8. The van der Waals surface area contributed by atoms with Gasteiger partial charge in [0.25, 0.3) is 15.9 Å². The maximum atomic E-state index is 13.7. The molecule has 4 N–H and O–H groups in total. The summed E-state index contributed by atoms with van der Waals surface area (Å²) in [6.45, 7) is 1.99. The Morgan fingerprint density at radius 3 is 2.34 bits per heavy atom. The number of anilines is 4. The molecule has 1 amide bonds. The molecular formula is C30H29N5O5S. The van der Waals surface area contributed by atoms with Crippen LogP contribution in [0.15, 0.2) is 90.0 Å². The smallest absolute Gasteiger partial charge is 0.272 e. The van der Waals surface area contributed by atoms with E-state index in [2.05, 4.69) is 20.3 Å². The zero-order chi connectivity index (χ0) is 29.0. The summed E-state index contributed by atoms with van der Waals surface area (Å²) in [6.07, 6.45) is 2.23. The van der Waals surface area contributed by atoms with Crippen molar-refractivity contribution in [3.05, 3.63) is 96.3 Å². The van der Waals surface area contributed by atoms with Gasteiger partial charge in [0.2, 0.25) is 0 Å². The molecule has 0 atom stereocenters. The number of carbonyl (C=O) groups excluding carboxylic acids is 1. The zero-order valence-electron chi connectivity index (χ0n) is 22.7. The number of ether oxygens (including phenoxy) is 2. The van der Waals surface area contributed by atoms with Gasteiger partial charge in [-0.05, 0) is 48.4 Å². The molecule has 0 fully saturated rings. The van der Waals surface area contributed by atoms with Gasteiger partial charge in [0.05, 0.1) is 30.3 Å². The Hall–Kier alpha value is -5.03. The van der Waals surface area contributed by atoms with Crippen molar-refractivity contribution in [2.24, 2.45) is 0 Å². The van der Waals surface area contributed by atoms with E-state index in [1.54, 1.807) is 62.9 Å². The Morgan fingerprint density at radius 1 is 0.902 bits per heavy atom. The van der Waals surface area contributed by atoms with E-state index in [4.69, 9.17) is 14.5 Å². The highest BCUT2D eigenvalue weighted by atomic mass is 32.2. The number of benzene rings is 3. The molecule has 11 heteroatoms. The molecule has 0 bridgehead atoms. The van der Waals surface area contributed by atoms with Crippen molar-refractivity contribution in [3.63, 3.8) is 0 Å². The van der Waals surface area contributed by atoms with Crippen molar-refractivity contribution >= 4 is 49.7 Å². The second-order valence-electron chi connectivity index (χ2n) is 9.08. The third kappa shape index (κ3) is 5.94. The summed E-state index contributed by atoms with van der Waals surface area (Å²) in [6, 6.07) is 22.2. The number of para-hydroxylation sites is 1. The number of carbonyl (C=O) groups is 1. The zero-order valence-corrected chi connectivity index (χ0v) is 23.5. The Bertz CT molecular complexity index is 1800. The second-order valence-corrected chi connectivity index (χ2v) is 10.8. The van der Waals surface area contributed by atoms with E-state index < -0.39 is 10.0 Å². The lowest BCUT2D eigenvalue weighted by Gasteiger charge is -2.20. The standard InChI is InChI=1S/C30H29N5O5S/c1-4-24-25-11-5-6-12-26(25)34-29(28(24)32-20-15-21(39-2)18-22(16-20)40-3)35-41(37,38)23-10-7-9-19(17-23)33-30(36)27-13-8-14-31-27/h5-18,31-32H,4H2,1-3H3,(H,33,36)(H,34,35). The Labute approximate surface area is 237 Å². The van der Waals surface area contributed by atoms with Crippen LogP contribution in [-0.4, -0.2) is 38.5 Å². The molecule has 0 saturated carbocycles. The van der Waals surface area contributed by atoms with Gasteiger partial charge < -0.3 is 25.1 Å². The van der Waals surface area contributed by atoms with Crippen molar-refractivity contribution in [1.82, 2.24) is 9.97 Å². The van der Waals surface area contributed by atoms with E-state index in [-0.39, 0.29) is 16.6 Å². The number of pyridine rings is 1. The topological polar surface area (TPSA) is 134 Å². The highest BCUT2D eigenvalue weighted by Gasteiger charge is 2.22. The van der Waals surface area contributed by atoms with Gasteiger partial charge in [0.1, 0.15) is 17.2 Å². The molecule has 3 aromatic carbocycles.